The maximum absolute atomic E-state index is 11.9. The number of nitrogens with zero attached hydrogens (tertiary/aromatic N) is 3. The lowest BCUT2D eigenvalue weighted by Gasteiger charge is -2.37. The smallest absolute Gasteiger partial charge is 0.319 e. The Morgan fingerprint density at radius 2 is 1.87 bits per heavy atom. The summed E-state index contributed by atoms with van der Waals surface area (Å²) in [5, 5.41) is 15.2. The molecule has 1 unspecified atom stereocenters. The first-order valence-corrected chi connectivity index (χ1v) is 13.0. The van der Waals surface area contributed by atoms with Gasteiger partial charge in [0.2, 0.25) is 0 Å². The van der Waals surface area contributed by atoms with Gasteiger partial charge >= 0.3 is 12.0 Å². The number of aromatic nitrogens is 2. The molecule has 8 heteroatoms. The first-order valence-electron chi connectivity index (χ1n) is 13.0. The van der Waals surface area contributed by atoms with Gasteiger partial charge in [0.05, 0.1) is 17.3 Å². The van der Waals surface area contributed by atoms with Gasteiger partial charge in [-0.05, 0) is 74.2 Å². The van der Waals surface area contributed by atoms with Crippen LogP contribution in [0.15, 0.2) is 73.1 Å². The Kier molecular flexibility index (Phi) is 7.15. The number of benzene rings is 2. The number of carbonyl (C=O) groups excluding carboxylic acids is 1. The van der Waals surface area contributed by atoms with Gasteiger partial charge in [-0.2, -0.15) is 0 Å². The molecule has 38 heavy (non-hydrogen) atoms. The molecule has 2 aromatic heterocycles. The number of hydrogen-bond acceptors (Lipinski definition) is 4. The van der Waals surface area contributed by atoms with Crippen LogP contribution >= 0.6 is 0 Å². The van der Waals surface area contributed by atoms with Crippen LogP contribution in [0.3, 0.4) is 0 Å². The van der Waals surface area contributed by atoms with E-state index in [0.29, 0.717) is 13.1 Å². The van der Waals surface area contributed by atoms with Gasteiger partial charge in [-0.3, -0.25) is 14.1 Å². The predicted octanol–water partition coefficient (Wildman–Crippen LogP) is 5.50. The van der Waals surface area contributed by atoms with E-state index in [1.807, 2.05) is 54.9 Å². The Balaban J connectivity index is 1.31. The molecule has 1 saturated heterocycles. The maximum atomic E-state index is 11.9. The first kappa shape index (κ1) is 25.5. The summed E-state index contributed by atoms with van der Waals surface area (Å²) in [4.78, 5) is 30.5. The van der Waals surface area contributed by atoms with Crippen LogP contribution in [0.5, 0.6) is 0 Å². The summed E-state index contributed by atoms with van der Waals surface area (Å²) in [5.41, 5.74) is 6.14. The molecule has 3 heterocycles. The molecule has 0 spiro atoms. The molecule has 1 atom stereocenters. The van der Waals surface area contributed by atoms with E-state index in [2.05, 4.69) is 56.9 Å². The van der Waals surface area contributed by atoms with Crippen molar-refractivity contribution >= 4 is 23.3 Å². The third-order valence-electron chi connectivity index (χ3n) is 7.25. The number of carbonyl (C=O) groups is 2. The Hall–Kier alpha value is -4.17. The monoisotopic (exact) mass is 511 g/mol. The fourth-order valence-corrected chi connectivity index (χ4v) is 5.18. The highest BCUT2D eigenvalue weighted by molar-refractivity contribution is 5.90. The standard InChI is InChI=1S/C30H33N5O3/c1-3-31-29(38)33-25-7-4-6-24(16-25)26-18-32-27-17-23(12-15-35(26)27)22-10-8-21(9-11-22)19-34-14-5-13-30(2,20-34)28(36)37/h4,6-12,15-18H,3,5,13-14,19-20H2,1-2H3,(H,36,37)(H2,31,33,38). The third kappa shape index (κ3) is 5.40. The summed E-state index contributed by atoms with van der Waals surface area (Å²) in [7, 11) is 0. The van der Waals surface area contributed by atoms with E-state index in [1.165, 1.54) is 5.56 Å². The second kappa shape index (κ2) is 10.7. The van der Waals surface area contributed by atoms with Gasteiger partial charge in [0.1, 0.15) is 5.65 Å². The number of likely N-dealkylation sites (tertiary alicyclic amines) is 1. The Labute approximate surface area is 222 Å². The van der Waals surface area contributed by atoms with E-state index < -0.39 is 11.4 Å². The van der Waals surface area contributed by atoms with E-state index in [-0.39, 0.29) is 6.03 Å². The van der Waals surface area contributed by atoms with Crippen molar-refractivity contribution in [2.75, 3.05) is 25.0 Å². The van der Waals surface area contributed by atoms with E-state index >= 15 is 0 Å². The Bertz CT molecular complexity index is 1460. The van der Waals surface area contributed by atoms with Gasteiger partial charge in [0.25, 0.3) is 0 Å². The third-order valence-corrected chi connectivity index (χ3v) is 7.25. The average Bonchev–Trinajstić information content (AvgIpc) is 3.33. The van der Waals surface area contributed by atoms with Crippen molar-refractivity contribution in [2.24, 2.45) is 5.41 Å². The van der Waals surface area contributed by atoms with Gasteiger partial charge in [-0.15, -0.1) is 0 Å². The predicted molar refractivity (Wildman–Crippen MR) is 149 cm³/mol. The molecule has 1 aliphatic rings. The lowest BCUT2D eigenvalue weighted by molar-refractivity contribution is -0.151. The molecular formula is C30H33N5O3. The number of rotatable bonds is 7. The molecule has 1 fully saturated rings. The Morgan fingerprint density at radius 1 is 1.05 bits per heavy atom. The molecule has 2 amide bonds. The number of piperidine rings is 1. The number of anilines is 1. The fraction of sp³-hybridized carbons (Fsp3) is 0.300. The van der Waals surface area contributed by atoms with Gasteiger partial charge < -0.3 is 15.7 Å². The number of imidazole rings is 1. The number of aliphatic carboxylic acids is 1. The Morgan fingerprint density at radius 3 is 2.63 bits per heavy atom. The van der Waals surface area contributed by atoms with Crippen molar-refractivity contribution in [3.05, 3.63) is 78.6 Å². The van der Waals surface area contributed by atoms with E-state index in [4.69, 9.17) is 0 Å². The van der Waals surface area contributed by atoms with Crippen molar-refractivity contribution in [2.45, 2.75) is 33.2 Å². The van der Waals surface area contributed by atoms with Crippen molar-refractivity contribution < 1.29 is 14.7 Å². The zero-order valence-corrected chi connectivity index (χ0v) is 21.8. The molecule has 0 saturated carbocycles. The highest BCUT2D eigenvalue weighted by Crippen LogP contribution is 2.31. The van der Waals surface area contributed by atoms with Crippen molar-refractivity contribution in [1.29, 1.82) is 0 Å². The van der Waals surface area contributed by atoms with Crippen LogP contribution in [-0.4, -0.2) is 51.0 Å². The second-order valence-corrected chi connectivity index (χ2v) is 10.2. The van der Waals surface area contributed by atoms with Crippen LogP contribution in [-0.2, 0) is 11.3 Å². The van der Waals surface area contributed by atoms with Crippen molar-refractivity contribution in [3.63, 3.8) is 0 Å². The van der Waals surface area contributed by atoms with Gasteiger partial charge in [0.15, 0.2) is 0 Å². The van der Waals surface area contributed by atoms with E-state index in [1.54, 1.807) is 0 Å². The number of amides is 2. The number of fused-ring (bicyclic) bond motifs is 1. The minimum atomic E-state index is -0.709. The van der Waals surface area contributed by atoms with E-state index in [9.17, 15) is 14.7 Å². The molecule has 0 bridgehead atoms. The van der Waals surface area contributed by atoms with E-state index in [0.717, 1.165) is 59.7 Å². The quantitative estimate of drug-likeness (QED) is 0.304. The first-order chi connectivity index (χ1) is 18.3. The SMILES string of the molecule is CCNC(=O)Nc1cccc(-c2cnc3cc(-c4ccc(CN5CCCC(C)(C(=O)O)C5)cc4)ccn23)c1. The summed E-state index contributed by atoms with van der Waals surface area (Å²) >= 11 is 0. The molecule has 5 rings (SSSR count). The van der Waals surface area contributed by atoms with Gasteiger partial charge in [-0.25, -0.2) is 9.78 Å². The van der Waals surface area contributed by atoms with Crippen LogP contribution in [0.2, 0.25) is 0 Å². The minimum Gasteiger partial charge on any atom is -0.481 e. The highest BCUT2D eigenvalue weighted by Gasteiger charge is 2.37. The number of urea groups is 1. The van der Waals surface area contributed by atoms with Crippen LogP contribution in [0, 0.1) is 5.41 Å². The normalized spacial score (nSPS) is 17.8. The molecule has 0 radical (unpaired) electrons. The molecule has 1 aliphatic heterocycles. The van der Waals surface area contributed by atoms with Crippen molar-refractivity contribution in [1.82, 2.24) is 19.6 Å². The molecule has 8 nitrogen and oxygen atoms in total. The zero-order chi connectivity index (χ0) is 26.7. The van der Waals surface area contributed by atoms with Gasteiger partial charge in [-0.1, -0.05) is 36.4 Å². The highest BCUT2D eigenvalue weighted by atomic mass is 16.4. The summed E-state index contributed by atoms with van der Waals surface area (Å²) in [6.45, 7) is 6.54. The van der Waals surface area contributed by atoms with Crippen molar-refractivity contribution in [3.8, 4) is 22.4 Å². The second-order valence-electron chi connectivity index (χ2n) is 10.2. The average molecular weight is 512 g/mol. The van der Waals surface area contributed by atoms with Crippen LogP contribution in [0.25, 0.3) is 28.0 Å². The minimum absolute atomic E-state index is 0.229. The topological polar surface area (TPSA) is 99.0 Å². The fourth-order valence-electron chi connectivity index (χ4n) is 5.18. The molecular weight excluding hydrogens is 478 g/mol. The lowest BCUT2D eigenvalue weighted by atomic mass is 9.82. The summed E-state index contributed by atoms with van der Waals surface area (Å²) in [6.07, 6.45) is 5.50. The molecule has 4 aromatic rings. The number of hydrogen-bond donors (Lipinski definition) is 3. The number of nitrogens with one attached hydrogen (secondary N) is 2. The molecule has 3 N–H and O–H groups in total. The number of carboxylic acid groups (broad SMARTS) is 1. The molecule has 0 aliphatic carbocycles. The van der Waals surface area contributed by atoms with Crippen LogP contribution in [0.4, 0.5) is 10.5 Å². The van der Waals surface area contributed by atoms with Crippen LogP contribution in [0.1, 0.15) is 32.3 Å². The van der Waals surface area contributed by atoms with Crippen LogP contribution < -0.4 is 10.6 Å². The molecule has 2 aromatic carbocycles. The summed E-state index contributed by atoms with van der Waals surface area (Å²) in [6, 6.07) is 20.1. The summed E-state index contributed by atoms with van der Waals surface area (Å²) in [5.74, 6) is -0.709. The molecule has 196 valence electrons. The maximum Gasteiger partial charge on any atom is 0.319 e. The summed E-state index contributed by atoms with van der Waals surface area (Å²) < 4.78 is 2.04. The number of carboxylic acids is 1. The number of pyridine rings is 1. The zero-order valence-electron chi connectivity index (χ0n) is 21.8. The largest absolute Gasteiger partial charge is 0.481 e. The van der Waals surface area contributed by atoms with Gasteiger partial charge in [0, 0.05) is 37.1 Å². The lowest BCUT2D eigenvalue weighted by Crippen LogP contribution is -2.45.